The molecule has 0 bridgehead atoms. The Morgan fingerprint density at radius 1 is 1.29 bits per heavy atom. The number of aromatic nitrogens is 2. The average Bonchev–Trinajstić information content (AvgIpc) is 2.72. The highest BCUT2D eigenvalue weighted by molar-refractivity contribution is 5.51. The second-order valence-corrected chi connectivity index (χ2v) is 4.69. The van der Waals surface area contributed by atoms with Crippen LogP contribution in [0, 0.1) is 6.92 Å². The van der Waals surface area contributed by atoms with Crippen LogP contribution >= 0.6 is 0 Å². The third-order valence-electron chi connectivity index (χ3n) is 3.40. The van der Waals surface area contributed by atoms with E-state index in [1.807, 2.05) is 13.3 Å². The molecule has 1 N–H and O–H groups in total. The fourth-order valence-electron chi connectivity index (χ4n) is 2.40. The van der Waals surface area contributed by atoms with Gasteiger partial charge >= 0.3 is 0 Å². The van der Waals surface area contributed by atoms with Crippen LogP contribution in [0.5, 0.6) is 0 Å². The number of aryl methyl sites for hydroxylation is 1. The van der Waals surface area contributed by atoms with Crippen LogP contribution < -0.4 is 5.32 Å². The number of fused-ring (bicyclic) bond motifs is 1. The number of imidazole rings is 1. The molecule has 4 nitrogen and oxygen atoms in total. The Morgan fingerprint density at radius 3 is 2.94 bits per heavy atom. The summed E-state index contributed by atoms with van der Waals surface area (Å²) in [6.07, 6.45) is 4.09. The number of pyridine rings is 1. The van der Waals surface area contributed by atoms with Crippen LogP contribution in [0.15, 0.2) is 24.7 Å². The first-order valence-electron chi connectivity index (χ1n) is 6.18. The third-order valence-corrected chi connectivity index (χ3v) is 3.40. The summed E-state index contributed by atoms with van der Waals surface area (Å²) < 4.78 is 2.12. The van der Waals surface area contributed by atoms with Crippen LogP contribution in [-0.4, -0.2) is 40.5 Å². The van der Waals surface area contributed by atoms with Gasteiger partial charge in [-0.25, -0.2) is 4.98 Å². The van der Waals surface area contributed by atoms with Gasteiger partial charge in [-0.2, -0.15) is 0 Å². The minimum absolute atomic E-state index is 1.04. The fraction of sp³-hybridized carbons (Fsp3) is 0.462. The molecule has 1 saturated heterocycles. The minimum Gasteiger partial charge on any atom is -0.314 e. The summed E-state index contributed by atoms with van der Waals surface area (Å²) in [6, 6.07) is 4.38. The Morgan fingerprint density at radius 2 is 2.12 bits per heavy atom. The summed E-state index contributed by atoms with van der Waals surface area (Å²) in [5.41, 5.74) is 3.66. The van der Waals surface area contributed by atoms with E-state index in [-0.39, 0.29) is 0 Å². The summed E-state index contributed by atoms with van der Waals surface area (Å²) in [7, 11) is 0. The lowest BCUT2D eigenvalue weighted by atomic mass is 10.2. The van der Waals surface area contributed by atoms with Gasteiger partial charge in [-0.05, 0) is 18.6 Å². The Balaban J connectivity index is 1.80. The summed E-state index contributed by atoms with van der Waals surface area (Å²) >= 11 is 0. The first-order valence-corrected chi connectivity index (χ1v) is 6.18. The highest BCUT2D eigenvalue weighted by atomic mass is 15.2. The molecular weight excluding hydrogens is 212 g/mol. The molecule has 3 rings (SSSR count). The monoisotopic (exact) mass is 230 g/mol. The number of nitrogens with one attached hydrogen (secondary N) is 1. The van der Waals surface area contributed by atoms with Crippen molar-refractivity contribution in [1.29, 1.82) is 0 Å². The number of hydrogen-bond acceptors (Lipinski definition) is 3. The lowest BCUT2D eigenvalue weighted by molar-refractivity contribution is 0.233. The normalized spacial score (nSPS) is 17.7. The zero-order valence-corrected chi connectivity index (χ0v) is 10.2. The van der Waals surface area contributed by atoms with Crippen molar-refractivity contribution in [3.05, 3.63) is 35.9 Å². The second-order valence-electron chi connectivity index (χ2n) is 4.69. The van der Waals surface area contributed by atoms with Crippen molar-refractivity contribution in [2.45, 2.75) is 13.5 Å². The summed E-state index contributed by atoms with van der Waals surface area (Å²) in [5.74, 6) is 0. The van der Waals surface area contributed by atoms with Gasteiger partial charge in [-0.15, -0.1) is 0 Å². The van der Waals surface area contributed by atoms with Crippen LogP contribution in [0.3, 0.4) is 0 Å². The van der Waals surface area contributed by atoms with Crippen molar-refractivity contribution in [2.75, 3.05) is 26.2 Å². The summed E-state index contributed by atoms with van der Waals surface area (Å²) in [6.45, 7) is 7.57. The van der Waals surface area contributed by atoms with E-state index < -0.39 is 0 Å². The van der Waals surface area contributed by atoms with E-state index in [1.54, 1.807) is 0 Å². The molecule has 90 valence electrons. The first-order chi connectivity index (χ1) is 8.33. The van der Waals surface area contributed by atoms with E-state index in [4.69, 9.17) is 0 Å². The molecule has 4 heteroatoms. The highest BCUT2D eigenvalue weighted by Crippen LogP contribution is 2.12. The quantitative estimate of drug-likeness (QED) is 0.837. The van der Waals surface area contributed by atoms with Crippen LogP contribution in [0.2, 0.25) is 0 Å². The lowest BCUT2D eigenvalue weighted by Crippen LogP contribution is -2.42. The van der Waals surface area contributed by atoms with Crippen molar-refractivity contribution >= 4 is 5.52 Å². The smallest absolute Gasteiger partial charge is 0.0995 e. The lowest BCUT2D eigenvalue weighted by Gasteiger charge is -2.27. The Kier molecular flexibility index (Phi) is 2.82. The van der Waals surface area contributed by atoms with Crippen molar-refractivity contribution < 1.29 is 0 Å². The van der Waals surface area contributed by atoms with E-state index in [1.165, 1.54) is 11.1 Å². The van der Waals surface area contributed by atoms with E-state index >= 15 is 0 Å². The van der Waals surface area contributed by atoms with Crippen molar-refractivity contribution in [2.24, 2.45) is 0 Å². The standard InChI is InChI=1S/C13H18N4/c1-11-13-3-2-12(9-17(13)10-15-11)8-16-6-4-14-5-7-16/h2-3,9-10,14H,4-8H2,1H3. The van der Waals surface area contributed by atoms with Gasteiger partial charge in [0.15, 0.2) is 0 Å². The summed E-state index contributed by atoms with van der Waals surface area (Å²) in [4.78, 5) is 6.81. The van der Waals surface area contributed by atoms with Gasteiger partial charge in [-0.3, -0.25) is 4.90 Å². The van der Waals surface area contributed by atoms with Crippen LogP contribution in [0.4, 0.5) is 0 Å². The fourth-order valence-corrected chi connectivity index (χ4v) is 2.40. The molecule has 1 aliphatic rings. The first kappa shape index (κ1) is 10.7. The van der Waals surface area contributed by atoms with Crippen molar-refractivity contribution in [3.63, 3.8) is 0 Å². The molecule has 1 aliphatic heterocycles. The molecule has 2 aromatic heterocycles. The molecule has 1 fully saturated rings. The average molecular weight is 230 g/mol. The van der Waals surface area contributed by atoms with Crippen LogP contribution in [0.25, 0.3) is 5.52 Å². The van der Waals surface area contributed by atoms with Gasteiger partial charge in [-0.1, -0.05) is 6.07 Å². The van der Waals surface area contributed by atoms with Gasteiger partial charge < -0.3 is 9.72 Å². The Hall–Kier alpha value is -1.39. The molecular formula is C13H18N4. The maximum absolute atomic E-state index is 4.32. The maximum atomic E-state index is 4.32. The number of piperazine rings is 1. The van der Waals surface area contributed by atoms with Gasteiger partial charge in [0.1, 0.15) is 0 Å². The molecule has 0 saturated carbocycles. The third kappa shape index (κ3) is 2.18. The van der Waals surface area contributed by atoms with E-state index in [0.717, 1.165) is 38.4 Å². The van der Waals surface area contributed by atoms with E-state index in [0.29, 0.717) is 0 Å². The Bertz CT molecular complexity index is 511. The molecule has 0 amide bonds. The largest absolute Gasteiger partial charge is 0.314 e. The van der Waals surface area contributed by atoms with Crippen molar-refractivity contribution in [1.82, 2.24) is 19.6 Å². The van der Waals surface area contributed by atoms with Crippen LogP contribution in [-0.2, 0) is 6.54 Å². The predicted molar refractivity (Wildman–Crippen MR) is 68.1 cm³/mol. The molecule has 17 heavy (non-hydrogen) atoms. The SMILES string of the molecule is Cc1ncn2cc(CN3CCNCC3)ccc12. The molecule has 0 aromatic carbocycles. The Labute approximate surface area is 101 Å². The maximum Gasteiger partial charge on any atom is 0.0995 e. The number of hydrogen-bond donors (Lipinski definition) is 1. The summed E-state index contributed by atoms with van der Waals surface area (Å²) in [5, 5.41) is 3.38. The molecule has 0 atom stereocenters. The molecule has 0 radical (unpaired) electrons. The zero-order valence-electron chi connectivity index (χ0n) is 10.2. The molecule has 2 aromatic rings. The molecule has 0 aliphatic carbocycles. The number of nitrogens with zero attached hydrogens (tertiary/aromatic N) is 3. The molecule has 3 heterocycles. The van der Waals surface area contributed by atoms with Gasteiger partial charge in [0.05, 0.1) is 17.5 Å². The minimum atomic E-state index is 1.04. The van der Waals surface area contributed by atoms with E-state index in [9.17, 15) is 0 Å². The van der Waals surface area contributed by atoms with Gasteiger partial charge in [0.25, 0.3) is 0 Å². The van der Waals surface area contributed by atoms with Gasteiger partial charge in [0, 0.05) is 38.9 Å². The zero-order chi connectivity index (χ0) is 11.7. The van der Waals surface area contributed by atoms with Crippen molar-refractivity contribution in [3.8, 4) is 0 Å². The topological polar surface area (TPSA) is 32.6 Å². The van der Waals surface area contributed by atoms with E-state index in [2.05, 4.69) is 37.9 Å². The molecule has 0 spiro atoms. The highest BCUT2D eigenvalue weighted by Gasteiger charge is 2.10. The number of rotatable bonds is 2. The predicted octanol–water partition coefficient (Wildman–Crippen LogP) is 1.05. The molecule has 0 unspecified atom stereocenters. The van der Waals surface area contributed by atoms with Crippen LogP contribution in [0.1, 0.15) is 11.3 Å². The second kappa shape index (κ2) is 4.47. The van der Waals surface area contributed by atoms with Gasteiger partial charge in [0.2, 0.25) is 0 Å².